The fourth-order valence-corrected chi connectivity index (χ4v) is 2.66. The molecule has 2 amide bonds. The van der Waals surface area contributed by atoms with Gasteiger partial charge in [0.2, 0.25) is 0 Å². The fraction of sp³-hybridized carbons (Fsp3) is 0.273. The van der Waals surface area contributed by atoms with E-state index in [1.54, 1.807) is 24.3 Å². The topological polar surface area (TPSA) is 116 Å². The molecule has 1 atom stereocenters. The van der Waals surface area contributed by atoms with Crippen molar-refractivity contribution >= 4 is 11.8 Å². The van der Waals surface area contributed by atoms with E-state index >= 15 is 0 Å². The van der Waals surface area contributed by atoms with Crippen LogP contribution >= 0.6 is 0 Å². The first-order valence-corrected chi connectivity index (χ1v) is 9.48. The van der Waals surface area contributed by atoms with Gasteiger partial charge in [-0.05, 0) is 54.8 Å². The quantitative estimate of drug-likeness (QED) is 0.273. The van der Waals surface area contributed by atoms with Gasteiger partial charge in [0.1, 0.15) is 6.04 Å². The highest BCUT2D eigenvalue weighted by atomic mass is 16.5. The Kier molecular flexibility index (Phi) is 6.98. The van der Waals surface area contributed by atoms with Gasteiger partial charge in [-0.3, -0.25) is 14.8 Å². The van der Waals surface area contributed by atoms with E-state index in [1.165, 1.54) is 23.9 Å². The molecule has 2 aromatic rings. The third kappa shape index (κ3) is 6.16. The summed E-state index contributed by atoms with van der Waals surface area (Å²) in [6.07, 6.45) is 2.55. The minimum atomic E-state index is -1.01. The summed E-state index contributed by atoms with van der Waals surface area (Å²) >= 11 is 0. The van der Waals surface area contributed by atoms with Crippen molar-refractivity contribution in [2.24, 2.45) is 5.73 Å². The molecule has 1 aliphatic rings. The van der Waals surface area contributed by atoms with Crippen molar-refractivity contribution < 1.29 is 14.8 Å². The summed E-state index contributed by atoms with van der Waals surface area (Å²) < 4.78 is 0. The Hall–Kier alpha value is -3.18. The molecule has 1 fully saturated rings. The molecule has 7 heteroatoms. The summed E-state index contributed by atoms with van der Waals surface area (Å²) in [4.78, 5) is 23.6. The number of carbonyl (C=O) groups is 2. The SMILES string of the molecule is NC[C@H](NC(=O)c1ccc(C#Cc2ccc(CNC3CC3)cc2)cc1)C(=O)NO. The lowest BCUT2D eigenvalue weighted by Gasteiger charge is -2.14. The van der Waals surface area contributed by atoms with Crippen LogP contribution in [-0.4, -0.2) is 35.7 Å². The zero-order valence-corrected chi connectivity index (χ0v) is 15.9. The molecular weight excluding hydrogens is 368 g/mol. The predicted molar refractivity (Wildman–Crippen MR) is 109 cm³/mol. The highest BCUT2D eigenvalue weighted by Gasteiger charge is 2.20. The van der Waals surface area contributed by atoms with Crippen LogP contribution in [0.4, 0.5) is 0 Å². The molecule has 29 heavy (non-hydrogen) atoms. The van der Waals surface area contributed by atoms with Gasteiger partial charge >= 0.3 is 0 Å². The van der Waals surface area contributed by atoms with Gasteiger partial charge in [-0.2, -0.15) is 0 Å². The second-order valence-electron chi connectivity index (χ2n) is 6.92. The third-order valence-electron chi connectivity index (χ3n) is 4.59. The highest BCUT2D eigenvalue weighted by Crippen LogP contribution is 2.19. The summed E-state index contributed by atoms with van der Waals surface area (Å²) in [6, 6.07) is 14.5. The van der Waals surface area contributed by atoms with Gasteiger partial charge in [0.15, 0.2) is 0 Å². The van der Waals surface area contributed by atoms with Gasteiger partial charge < -0.3 is 16.4 Å². The van der Waals surface area contributed by atoms with Crippen molar-refractivity contribution in [1.29, 1.82) is 0 Å². The van der Waals surface area contributed by atoms with Crippen LogP contribution in [0.15, 0.2) is 48.5 Å². The van der Waals surface area contributed by atoms with Crippen molar-refractivity contribution in [1.82, 2.24) is 16.1 Å². The average Bonchev–Trinajstić information content (AvgIpc) is 3.59. The Morgan fingerprint density at radius 3 is 2.14 bits per heavy atom. The molecule has 0 aliphatic heterocycles. The maximum atomic E-state index is 12.2. The molecule has 0 radical (unpaired) electrons. The molecule has 7 nitrogen and oxygen atoms in total. The standard InChI is InChI=1S/C22H24N4O3/c23-13-20(22(28)26-29)25-21(27)18-9-7-16(8-10-18)2-1-15-3-5-17(6-4-15)14-24-19-11-12-19/h3-10,19-20,24,29H,11-14,23H2,(H,25,27)(H,26,28)/t20-/m0/s1. The fourth-order valence-electron chi connectivity index (χ4n) is 2.66. The average molecular weight is 392 g/mol. The molecule has 0 spiro atoms. The van der Waals surface area contributed by atoms with Gasteiger partial charge in [-0.1, -0.05) is 24.0 Å². The summed E-state index contributed by atoms with van der Waals surface area (Å²) in [5.41, 5.74) is 10.2. The minimum absolute atomic E-state index is 0.128. The first-order chi connectivity index (χ1) is 14.1. The summed E-state index contributed by atoms with van der Waals surface area (Å²) in [7, 11) is 0. The van der Waals surface area contributed by atoms with E-state index in [2.05, 4.69) is 34.6 Å². The van der Waals surface area contributed by atoms with Crippen molar-refractivity contribution in [2.45, 2.75) is 31.5 Å². The van der Waals surface area contributed by atoms with Crippen molar-refractivity contribution in [3.8, 4) is 11.8 Å². The first kappa shape index (κ1) is 20.6. The van der Waals surface area contributed by atoms with Gasteiger partial charge in [0.05, 0.1) is 0 Å². The third-order valence-corrected chi connectivity index (χ3v) is 4.59. The molecule has 0 bridgehead atoms. The van der Waals surface area contributed by atoms with E-state index in [0.29, 0.717) is 11.6 Å². The minimum Gasteiger partial charge on any atom is -0.339 e. The van der Waals surface area contributed by atoms with Crippen LogP contribution in [0.1, 0.15) is 39.9 Å². The monoisotopic (exact) mass is 392 g/mol. The molecule has 1 aliphatic carbocycles. The van der Waals surface area contributed by atoms with E-state index < -0.39 is 17.9 Å². The molecule has 6 N–H and O–H groups in total. The van der Waals surface area contributed by atoms with Gasteiger partial charge in [-0.15, -0.1) is 0 Å². The van der Waals surface area contributed by atoms with Gasteiger partial charge in [0, 0.05) is 35.8 Å². The number of benzene rings is 2. The maximum absolute atomic E-state index is 12.2. The summed E-state index contributed by atoms with van der Waals surface area (Å²) in [5, 5.41) is 14.6. The van der Waals surface area contributed by atoms with Gasteiger partial charge in [-0.25, -0.2) is 5.48 Å². The van der Waals surface area contributed by atoms with Crippen molar-refractivity contribution in [3.63, 3.8) is 0 Å². The molecule has 1 saturated carbocycles. The Balaban J connectivity index is 1.57. The van der Waals surface area contributed by atoms with Crippen molar-refractivity contribution in [2.75, 3.05) is 6.54 Å². The van der Waals surface area contributed by atoms with Crippen LogP contribution in [0.25, 0.3) is 0 Å². The van der Waals surface area contributed by atoms with Gasteiger partial charge in [0.25, 0.3) is 11.8 Å². The number of hydrogen-bond donors (Lipinski definition) is 5. The lowest BCUT2D eigenvalue weighted by atomic mass is 10.1. The molecule has 0 unspecified atom stereocenters. The Labute approximate surface area is 169 Å². The highest BCUT2D eigenvalue weighted by molar-refractivity contribution is 5.97. The predicted octanol–water partition coefficient (Wildman–Crippen LogP) is 0.901. The zero-order chi connectivity index (χ0) is 20.6. The number of carbonyl (C=O) groups excluding carboxylic acids is 2. The number of hydroxylamine groups is 1. The lowest BCUT2D eigenvalue weighted by Crippen LogP contribution is -2.50. The molecular formula is C22H24N4O3. The normalized spacial score (nSPS) is 13.7. The van der Waals surface area contributed by atoms with Crippen LogP contribution in [0, 0.1) is 11.8 Å². The van der Waals surface area contributed by atoms with Crippen LogP contribution in [0.2, 0.25) is 0 Å². The molecule has 0 aromatic heterocycles. The number of hydrogen-bond acceptors (Lipinski definition) is 5. The van der Waals surface area contributed by atoms with Crippen LogP contribution in [-0.2, 0) is 11.3 Å². The maximum Gasteiger partial charge on any atom is 0.267 e. The molecule has 2 aromatic carbocycles. The van der Waals surface area contributed by atoms with E-state index in [4.69, 9.17) is 10.9 Å². The van der Waals surface area contributed by atoms with Crippen LogP contribution in [0.3, 0.4) is 0 Å². The lowest BCUT2D eigenvalue weighted by molar-refractivity contribution is -0.130. The number of nitrogens with two attached hydrogens (primary N) is 1. The van der Waals surface area contributed by atoms with Crippen LogP contribution in [0.5, 0.6) is 0 Å². The molecule has 0 heterocycles. The van der Waals surface area contributed by atoms with Crippen LogP contribution < -0.4 is 21.8 Å². The second-order valence-corrected chi connectivity index (χ2v) is 6.92. The van der Waals surface area contributed by atoms with E-state index in [-0.39, 0.29) is 6.54 Å². The van der Waals surface area contributed by atoms with E-state index in [0.717, 1.165) is 17.7 Å². The molecule has 3 rings (SSSR count). The zero-order valence-electron chi connectivity index (χ0n) is 15.9. The molecule has 0 saturated heterocycles. The van der Waals surface area contributed by atoms with E-state index in [9.17, 15) is 9.59 Å². The first-order valence-electron chi connectivity index (χ1n) is 9.48. The summed E-state index contributed by atoms with van der Waals surface area (Å²) in [6.45, 7) is 0.754. The number of rotatable bonds is 7. The number of amides is 2. The molecule has 150 valence electrons. The summed E-state index contributed by atoms with van der Waals surface area (Å²) in [5.74, 6) is 4.96. The Bertz CT molecular complexity index is 910. The smallest absolute Gasteiger partial charge is 0.267 e. The van der Waals surface area contributed by atoms with E-state index in [1.807, 2.05) is 12.1 Å². The Morgan fingerprint density at radius 2 is 1.62 bits per heavy atom. The second kappa shape index (κ2) is 9.85. The largest absolute Gasteiger partial charge is 0.339 e. The Morgan fingerprint density at radius 1 is 1.03 bits per heavy atom. The number of nitrogens with one attached hydrogen (secondary N) is 3. The van der Waals surface area contributed by atoms with Crippen molar-refractivity contribution in [3.05, 3.63) is 70.8 Å².